The third-order valence-corrected chi connectivity index (χ3v) is 5.06. The smallest absolute Gasteiger partial charge is 0.225 e. The normalized spacial score (nSPS) is 21.3. The summed E-state index contributed by atoms with van der Waals surface area (Å²) in [6.45, 7) is 6.91. The summed E-state index contributed by atoms with van der Waals surface area (Å²) in [6, 6.07) is 1.84. The molecule has 3 rings (SSSR count). The maximum atomic E-state index is 10.7. The highest BCUT2D eigenvalue weighted by molar-refractivity contribution is 5.80. The fourth-order valence-corrected chi connectivity index (χ4v) is 3.59. The van der Waals surface area contributed by atoms with E-state index in [4.69, 9.17) is 4.99 Å². The first-order chi connectivity index (χ1) is 12.2. The van der Waals surface area contributed by atoms with Crippen molar-refractivity contribution in [2.24, 2.45) is 4.99 Å². The Kier molecular flexibility index (Phi) is 6.07. The molecule has 0 aromatic carbocycles. The van der Waals surface area contributed by atoms with Crippen LogP contribution in [0.2, 0.25) is 0 Å². The molecule has 2 N–H and O–H groups in total. The van der Waals surface area contributed by atoms with E-state index in [1.807, 2.05) is 6.07 Å². The summed E-state index contributed by atoms with van der Waals surface area (Å²) in [5.41, 5.74) is -0.612. The summed E-state index contributed by atoms with van der Waals surface area (Å²) in [4.78, 5) is 17.9. The van der Waals surface area contributed by atoms with Crippen molar-refractivity contribution in [2.75, 3.05) is 44.2 Å². The van der Waals surface area contributed by atoms with Crippen LogP contribution in [0.4, 0.5) is 5.95 Å². The van der Waals surface area contributed by atoms with E-state index in [0.717, 1.165) is 70.3 Å². The number of nitrogens with zero attached hydrogens (tertiary/aromatic N) is 5. The monoisotopic (exact) mass is 346 g/mol. The molecule has 2 fully saturated rings. The number of aliphatic imine (C=N–C) groups is 1. The molecule has 1 aliphatic heterocycles. The molecule has 1 aliphatic carbocycles. The number of rotatable bonds is 4. The van der Waals surface area contributed by atoms with Gasteiger partial charge in [-0.3, -0.25) is 4.99 Å². The second kappa shape index (κ2) is 8.47. The van der Waals surface area contributed by atoms with Gasteiger partial charge in [-0.2, -0.15) is 0 Å². The molecule has 0 atom stereocenters. The molecule has 1 saturated heterocycles. The number of nitrogens with one attached hydrogen (secondary N) is 1. The predicted molar refractivity (Wildman–Crippen MR) is 99.8 cm³/mol. The first kappa shape index (κ1) is 17.9. The van der Waals surface area contributed by atoms with Crippen molar-refractivity contribution in [1.82, 2.24) is 20.2 Å². The van der Waals surface area contributed by atoms with Crippen molar-refractivity contribution >= 4 is 11.9 Å². The molecule has 0 unspecified atom stereocenters. The van der Waals surface area contributed by atoms with Gasteiger partial charge in [0.05, 0.1) is 12.1 Å². The maximum absolute atomic E-state index is 10.7. The van der Waals surface area contributed by atoms with E-state index in [1.165, 1.54) is 6.42 Å². The quantitative estimate of drug-likeness (QED) is 0.631. The molecule has 7 nitrogen and oxygen atoms in total. The molecule has 2 heterocycles. The third kappa shape index (κ3) is 4.81. The minimum atomic E-state index is -0.612. The highest BCUT2D eigenvalue weighted by Gasteiger charge is 2.29. The second-order valence-corrected chi connectivity index (χ2v) is 6.98. The second-order valence-electron chi connectivity index (χ2n) is 6.98. The highest BCUT2D eigenvalue weighted by Crippen LogP contribution is 2.28. The molecule has 1 aromatic heterocycles. The lowest BCUT2D eigenvalue weighted by Gasteiger charge is -2.37. The fourth-order valence-electron chi connectivity index (χ4n) is 3.59. The van der Waals surface area contributed by atoms with Crippen LogP contribution in [-0.4, -0.2) is 70.8 Å². The first-order valence-corrected chi connectivity index (χ1v) is 9.48. The van der Waals surface area contributed by atoms with Crippen LogP contribution in [0.25, 0.3) is 0 Å². The summed E-state index contributed by atoms with van der Waals surface area (Å²) in [5.74, 6) is 1.70. The lowest BCUT2D eigenvalue weighted by Crippen LogP contribution is -2.53. The Bertz CT molecular complexity index is 550. The van der Waals surface area contributed by atoms with Crippen LogP contribution in [0.5, 0.6) is 0 Å². The molecule has 0 bridgehead atoms. The van der Waals surface area contributed by atoms with Gasteiger partial charge in [-0.15, -0.1) is 0 Å². The molecule has 1 aromatic rings. The molecular weight excluding hydrogens is 316 g/mol. The third-order valence-electron chi connectivity index (χ3n) is 5.06. The van der Waals surface area contributed by atoms with Crippen molar-refractivity contribution in [3.05, 3.63) is 18.5 Å². The van der Waals surface area contributed by atoms with E-state index in [-0.39, 0.29) is 0 Å². The number of aliphatic hydroxyl groups is 1. The van der Waals surface area contributed by atoms with Gasteiger partial charge in [0, 0.05) is 45.1 Å². The number of aromatic nitrogens is 2. The summed E-state index contributed by atoms with van der Waals surface area (Å²) in [6.07, 6.45) is 8.76. The van der Waals surface area contributed by atoms with Crippen molar-refractivity contribution < 1.29 is 5.11 Å². The van der Waals surface area contributed by atoms with Crippen molar-refractivity contribution in [2.45, 2.75) is 44.6 Å². The van der Waals surface area contributed by atoms with E-state index in [9.17, 15) is 5.11 Å². The average Bonchev–Trinajstić information content (AvgIpc) is 2.67. The molecule has 0 spiro atoms. The topological polar surface area (TPSA) is 76.9 Å². The van der Waals surface area contributed by atoms with Crippen LogP contribution < -0.4 is 10.2 Å². The van der Waals surface area contributed by atoms with Gasteiger partial charge in [-0.1, -0.05) is 19.3 Å². The molecule has 0 radical (unpaired) electrons. The zero-order valence-corrected chi connectivity index (χ0v) is 15.2. The summed E-state index contributed by atoms with van der Waals surface area (Å²) < 4.78 is 0. The zero-order chi connectivity index (χ0) is 17.5. The van der Waals surface area contributed by atoms with Crippen LogP contribution in [0.3, 0.4) is 0 Å². The number of hydrogen-bond donors (Lipinski definition) is 2. The Hall–Kier alpha value is -1.89. The summed E-state index contributed by atoms with van der Waals surface area (Å²) in [7, 11) is 0. The average molecular weight is 346 g/mol. The molecule has 2 aliphatic rings. The van der Waals surface area contributed by atoms with E-state index >= 15 is 0 Å². The maximum Gasteiger partial charge on any atom is 0.225 e. The van der Waals surface area contributed by atoms with E-state index < -0.39 is 5.60 Å². The van der Waals surface area contributed by atoms with Gasteiger partial charge in [-0.25, -0.2) is 9.97 Å². The summed E-state index contributed by atoms with van der Waals surface area (Å²) >= 11 is 0. The highest BCUT2D eigenvalue weighted by atomic mass is 16.3. The lowest BCUT2D eigenvalue weighted by molar-refractivity contribution is 0.0129. The van der Waals surface area contributed by atoms with Gasteiger partial charge in [0.15, 0.2) is 5.96 Å². The van der Waals surface area contributed by atoms with Crippen molar-refractivity contribution in [3.63, 3.8) is 0 Å². The van der Waals surface area contributed by atoms with Crippen LogP contribution in [0.1, 0.15) is 39.0 Å². The van der Waals surface area contributed by atoms with Crippen LogP contribution in [-0.2, 0) is 0 Å². The number of anilines is 1. The van der Waals surface area contributed by atoms with Gasteiger partial charge >= 0.3 is 0 Å². The molecule has 0 amide bonds. The van der Waals surface area contributed by atoms with Crippen LogP contribution in [0.15, 0.2) is 23.5 Å². The van der Waals surface area contributed by atoms with Gasteiger partial charge in [0.1, 0.15) is 0 Å². The molecule has 25 heavy (non-hydrogen) atoms. The van der Waals surface area contributed by atoms with Crippen molar-refractivity contribution in [3.8, 4) is 0 Å². The van der Waals surface area contributed by atoms with E-state index in [0.29, 0.717) is 6.54 Å². The standard InChI is InChI=1S/C18H30N6O/c1-2-19-16(22-15-18(25)7-4-3-5-8-18)23-11-13-24(14-12-23)17-20-9-6-10-21-17/h6,9-10,25H,2-5,7-8,11-15H2,1H3,(H,19,22). The lowest BCUT2D eigenvalue weighted by atomic mass is 9.85. The largest absolute Gasteiger partial charge is 0.388 e. The molecule has 7 heteroatoms. The molecule has 1 saturated carbocycles. The fraction of sp³-hybridized carbons (Fsp3) is 0.722. The van der Waals surface area contributed by atoms with Crippen LogP contribution >= 0.6 is 0 Å². The van der Waals surface area contributed by atoms with Crippen LogP contribution in [0, 0.1) is 0 Å². The Morgan fingerprint density at radius 3 is 2.48 bits per heavy atom. The zero-order valence-electron chi connectivity index (χ0n) is 15.2. The van der Waals surface area contributed by atoms with Gasteiger partial charge < -0.3 is 20.2 Å². The summed E-state index contributed by atoms with van der Waals surface area (Å²) in [5, 5.41) is 14.1. The number of guanidine groups is 1. The molecular formula is C18H30N6O. The van der Waals surface area contributed by atoms with Gasteiger partial charge in [0.2, 0.25) is 5.95 Å². The Morgan fingerprint density at radius 1 is 1.16 bits per heavy atom. The first-order valence-electron chi connectivity index (χ1n) is 9.48. The number of hydrogen-bond acceptors (Lipinski definition) is 5. The van der Waals surface area contributed by atoms with Gasteiger partial charge in [0.25, 0.3) is 0 Å². The minimum Gasteiger partial charge on any atom is -0.388 e. The Labute approximate surface area is 150 Å². The predicted octanol–water partition coefficient (Wildman–Crippen LogP) is 1.26. The van der Waals surface area contributed by atoms with E-state index in [2.05, 4.69) is 32.0 Å². The Balaban J connectivity index is 1.59. The van der Waals surface area contributed by atoms with Gasteiger partial charge in [-0.05, 0) is 25.8 Å². The van der Waals surface area contributed by atoms with E-state index in [1.54, 1.807) is 12.4 Å². The minimum absolute atomic E-state index is 0.497. The SMILES string of the molecule is CCNC(=NCC1(O)CCCCC1)N1CCN(c2ncccn2)CC1. The van der Waals surface area contributed by atoms with Crippen molar-refractivity contribution in [1.29, 1.82) is 0 Å². The molecule has 138 valence electrons. The number of piperazine rings is 1. The Morgan fingerprint density at radius 2 is 1.84 bits per heavy atom.